The maximum absolute atomic E-state index is 13.7. The predicted octanol–water partition coefficient (Wildman–Crippen LogP) is 2.69. The van der Waals surface area contributed by atoms with Crippen molar-refractivity contribution < 1.29 is 4.39 Å². The molecule has 0 bridgehead atoms. The highest BCUT2D eigenvalue weighted by Gasteiger charge is 2.11. The van der Waals surface area contributed by atoms with Crippen molar-refractivity contribution >= 4 is 29.1 Å². The molecular weight excluding hydrogens is 251 g/mol. The molecular formula is C12H13FN4S. The van der Waals surface area contributed by atoms with Gasteiger partial charge in [-0.25, -0.2) is 14.4 Å². The molecule has 1 aromatic carbocycles. The number of nitrogens with zero attached hydrogens (tertiary/aromatic N) is 3. The van der Waals surface area contributed by atoms with Crippen molar-refractivity contribution in [3.63, 3.8) is 0 Å². The highest BCUT2D eigenvalue weighted by molar-refractivity contribution is 7.98. The van der Waals surface area contributed by atoms with Gasteiger partial charge in [0.25, 0.3) is 0 Å². The lowest BCUT2D eigenvalue weighted by Gasteiger charge is -2.19. The van der Waals surface area contributed by atoms with Gasteiger partial charge in [0.15, 0.2) is 5.16 Å². The summed E-state index contributed by atoms with van der Waals surface area (Å²) in [5.41, 5.74) is 6.15. The van der Waals surface area contributed by atoms with Crippen LogP contribution in [0.5, 0.6) is 0 Å². The van der Waals surface area contributed by atoms with Gasteiger partial charge < -0.3 is 10.6 Å². The lowest BCUT2D eigenvalue weighted by atomic mass is 10.3. The van der Waals surface area contributed by atoms with Crippen LogP contribution < -0.4 is 10.6 Å². The van der Waals surface area contributed by atoms with Gasteiger partial charge in [0.1, 0.15) is 17.5 Å². The Bertz CT molecular complexity index is 562. The Labute approximate surface area is 109 Å². The summed E-state index contributed by atoms with van der Waals surface area (Å²) in [7, 11) is 1.74. The van der Waals surface area contributed by atoms with Crippen LogP contribution in [0.2, 0.25) is 0 Å². The second-order valence-corrected chi connectivity index (χ2v) is 4.42. The van der Waals surface area contributed by atoms with Crippen LogP contribution >= 0.6 is 11.8 Å². The molecule has 1 heterocycles. The SMILES string of the molecule is CSc1nc(N)cc(N(C)c2ccccc2F)n1. The molecule has 0 saturated carbocycles. The summed E-state index contributed by atoms with van der Waals surface area (Å²) in [6, 6.07) is 8.13. The zero-order chi connectivity index (χ0) is 13.1. The second kappa shape index (κ2) is 5.22. The lowest BCUT2D eigenvalue weighted by molar-refractivity contribution is 0.627. The van der Waals surface area contributed by atoms with Gasteiger partial charge in [-0.3, -0.25) is 0 Å². The Kier molecular flexibility index (Phi) is 3.66. The quantitative estimate of drug-likeness (QED) is 0.682. The van der Waals surface area contributed by atoms with Crippen LogP contribution in [0.4, 0.5) is 21.7 Å². The summed E-state index contributed by atoms with van der Waals surface area (Å²) in [4.78, 5) is 10.0. The van der Waals surface area contributed by atoms with E-state index in [0.717, 1.165) is 0 Å². The number of hydrogen-bond acceptors (Lipinski definition) is 5. The Morgan fingerprint density at radius 2 is 2.00 bits per heavy atom. The normalized spacial score (nSPS) is 10.4. The second-order valence-electron chi connectivity index (χ2n) is 3.65. The van der Waals surface area contributed by atoms with Gasteiger partial charge in [-0.1, -0.05) is 23.9 Å². The van der Waals surface area contributed by atoms with Crippen LogP contribution in [0.3, 0.4) is 0 Å². The molecule has 2 N–H and O–H groups in total. The van der Waals surface area contributed by atoms with E-state index in [9.17, 15) is 4.39 Å². The zero-order valence-corrected chi connectivity index (χ0v) is 10.9. The highest BCUT2D eigenvalue weighted by Crippen LogP contribution is 2.26. The summed E-state index contributed by atoms with van der Waals surface area (Å²) < 4.78 is 13.7. The number of rotatable bonds is 3. The van der Waals surface area contributed by atoms with Gasteiger partial charge in [0.2, 0.25) is 0 Å². The number of hydrogen-bond donors (Lipinski definition) is 1. The number of benzene rings is 1. The van der Waals surface area contributed by atoms with E-state index in [1.807, 2.05) is 6.26 Å². The first kappa shape index (κ1) is 12.6. The van der Waals surface area contributed by atoms with Crippen molar-refractivity contribution in [3.05, 3.63) is 36.1 Å². The molecule has 0 atom stereocenters. The first-order valence-electron chi connectivity index (χ1n) is 5.28. The van der Waals surface area contributed by atoms with E-state index in [-0.39, 0.29) is 5.82 Å². The van der Waals surface area contributed by atoms with Gasteiger partial charge in [-0.15, -0.1) is 0 Å². The molecule has 0 spiro atoms. The molecule has 6 heteroatoms. The Balaban J connectivity index is 2.43. The van der Waals surface area contributed by atoms with E-state index in [1.54, 1.807) is 36.2 Å². The van der Waals surface area contributed by atoms with Crippen molar-refractivity contribution in [2.45, 2.75) is 5.16 Å². The highest BCUT2D eigenvalue weighted by atomic mass is 32.2. The van der Waals surface area contributed by atoms with Crippen LogP contribution in [0.1, 0.15) is 0 Å². The average molecular weight is 264 g/mol. The fourth-order valence-electron chi connectivity index (χ4n) is 1.54. The first-order chi connectivity index (χ1) is 8.61. The van der Waals surface area contributed by atoms with Crippen LogP contribution in [-0.4, -0.2) is 23.3 Å². The van der Waals surface area contributed by atoms with Crippen LogP contribution in [0, 0.1) is 5.82 Å². The molecule has 4 nitrogen and oxygen atoms in total. The Morgan fingerprint density at radius 1 is 1.28 bits per heavy atom. The van der Waals surface area contributed by atoms with E-state index >= 15 is 0 Å². The molecule has 0 aliphatic heterocycles. The molecule has 0 aliphatic rings. The zero-order valence-electron chi connectivity index (χ0n) is 10.1. The third-order valence-corrected chi connectivity index (χ3v) is 3.00. The Morgan fingerprint density at radius 3 is 2.67 bits per heavy atom. The van der Waals surface area contributed by atoms with Crippen molar-refractivity contribution in [3.8, 4) is 0 Å². The van der Waals surface area contributed by atoms with E-state index in [0.29, 0.717) is 22.5 Å². The monoisotopic (exact) mass is 264 g/mol. The van der Waals surface area contributed by atoms with Crippen molar-refractivity contribution in [1.82, 2.24) is 9.97 Å². The number of nitrogen functional groups attached to an aromatic ring is 1. The van der Waals surface area contributed by atoms with Crippen LogP contribution in [-0.2, 0) is 0 Å². The summed E-state index contributed by atoms with van der Waals surface area (Å²) in [5, 5.41) is 0.563. The van der Waals surface area contributed by atoms with E-state index in [1.165, 1.54) is 17.8 Å². The Hall–Kier alpha value is -1.82. The average Bonchev–Trinajstić information content (AvgIpc) is 2.37. The van der Waals surface area contributed by atoms with Gasteiger partial charge >= 0.3 is 0 Å². The summed E-state index contributed by atoms with van der Waals surface area (Å²) in [6.45, 7) is 0. The third-order valence-electron chi connectivity index (χ3n) is 2.45. The molecule has 1 aromatic heterocycles. The van der Waals surface area contributed by atoms with Crippen LogP contribution in [0.15, 0.2) is 35.5 Å². The minimum Gasteiger partial charge on any atom is -0.383 e. The van der Waals surface area contributed by atoms with Crippen molar-refractivity contribution in [1.29, 1.82) is 0 Å². The lowest BCUT2D eigenvalue weighted by Crippen LogP contribution is -2.14. The fourth-order valence-corrected chi connectivity index (χ4v) is 1.92. The molecule has 0 amide bonds. The number of halogens is 1. The van der Waals surface area contributed by atoms with Gasteiger partial charge in [-0.2, -0.15) is 0 Å². The topological polar surface area (TPSA) is 55.0 Å². The van der Waals surface area contributed by atoms with E-state index < -0.39 is 0 Å². The van der Waals surface area contributed by atoms with Crippen molar-refractivity contribution in [2.24, 2.45) is 0 Å². The van der Waals surface area contributed by atoms with E-state index in [4.69, 9.17) is 5.73 Å². The van der Waals surface area contributed by atoms with Gasteiger partial charge in [-0.05, 0) is 18.4 Å². The summed E-state index contributed by atoms with van der Waals surface area (Å²) in [6.07, 6.45) is 1.86. The molecule has 0 radical (unpaired) electrons. The standard InChI is InChI=1S/C12H13FN4S/c1-17(9-6-4-3-5-8(9)13)11-7-10(14)15-12(16-11)18-2/h3-7H,1-2H3,(H2,14,15,16). The number of nitrogens with two attached hydrogens (primary N) is 1. The molecule has 2 aromatic rings. The molecule has 2 rings (SSSR count). The molecule has 0 aliphatic carbocycles. The molecule has 0 fully saturated rings. The van der Waals surface area contributed by atoms with Gasteiger partial charge in [0.05, 0.1) is 5.69 Å². The first-order valence-corrected chi connectivity index (χ1v) is 6.51. The fraction of sp³-hybridized carbons (Fsp3) is 0.167. The smallest absolute Gasteiger partial charge is 0.191 e. The third kappa shape index (κ3) is 2.53. The number of anilines is 3. The largest absolute Gasteiger partial charge is 0.383 e. The summed E-state index contributed by atoms with van der Waals surface area (Å²) in [5.74, 6) is 0.632. The molecule has 0 saturated heterocycles. The molecule has 0 unspecified atom stereocenters. The number of aromatic nitrogens is 2. The minimum absolute atomic E-state index is 0.303. The maximum atomic E-state index is 13.7. The number of para-hydroxylation sites is 1. The molecule has 94 valence electrons. The van der Waals surface area contributed by atoms with E-state index in [2.05, 4.69) is 9.97 Å². The van der Waals surface area contributed by atoms with Gasteiger partial charge in [0, 0.05) is 13.1 Å². The maximum Gasteiger partial charge on any atom is 0.191 e. The number of thioether (sulfide) groups is 1. The molecule has 18 heavy (non-hydrogen) atoms. The van der Waals surface area contributed by atoms with Crippen LogP contribution in [0.25, 0.3) is 0 Å². The minimum atomic E-state index is -0.303. The van der Waals surface area contributed by atoms with Crippen molar-refractivity contribution in [2.75, 3.05) is 23.9 Å². The summed E-state index contributed by atoms with van der Waals surface area (Å²) >= 11 is 1.39. The predicted molar refractivity (Wildman–Crippen MR) is 72.7 cm³/mol.